The van der Waals surface area contributed by atoms with Crippen molar-refractivity contribution >= 4 is 44.1 Å². The van der Waals surface area contributed by atoms with Crippen molar-refractivity contribution in [1.82, 2.24) is 9.29 Å². The third-order valence-corrected chi connectivity index (χ3v) is 7.69. The average molecular weight is 427 g/mol. The van der Waals surface area contributed by atoms with E-state index in [1.165, 1.54) is 16.4 Å². The molecule has 1 saturated heterocycles. The Kier molecular flexibility index (Phi) is 4.93. The Morgan fingerprint density at radius 1 is 1.00 bits per heavy atom. The Labute approximate surface area is 166 Å². The highest BCUT2D eigenvalue weighted by atomic mass is 35.5. The first kappa shape index (κ1) is 18.7. The molecule has 4 nitrogen and oxygen atoms in total. The molecule has 142 valence electrons. The summed E-state index contributed by atoms with van der Waals surface area (Å²) >= 11 is 12.7. The number of benzene rings is 2. The van der Waals surface area contributed by atoms with E-state index in [0.29, 0.717) is 24.2 Å². The average Bonchev–Trinajstić information content (AvgIpc) is 3.04. The maximum Gasteiger partial charge on any atom is 0.246 e. The van der Waals surface area contributed by atoms with Gasteiger partial charge in [0.25, 0.3) is 0 Å². The quantitative estimate of drug-likeness (QED) is 0.604. The third kappa shape index (κ3) is 3.36. The molecule has 1 aliphatic rings. The Morgan fingerprint density at radius 2 is 1.67 bits per heavy atom. The first-order chi connectivity index (χ1) is 12.9. The van der Waals surface area contributed by atoms with E-state index < -0.39 is 10.0 Å². The molecule has 27 heavy (non-hydrogen) atoms. The van der Waals surface area contributed by atoms with Gasteiger partial charge in [0.2, 0.25) is 10.0 Å². The molecule has 0 atom stereocenters. The SMILES string of the molecule is O=S(=O)(c1c(Cl)cc(-c2c[nH]c3cc(F)ccc23)cc1Cl)N1CCCCC1. The second-order valence-electron chi connectivity index (χ2n) is 6.63. The van der Waals surface area contributed by atoms with Gasteiger partial charge in [0.15, 0.2) is 0 Å². The van der Waals surface area contributed by atoms with Crippen molar-refractivity contribution in [3.63, 3.8) is 0 Å². The van der Waals surface area contributed by atoms with Crippen LogP contribution >= 0.6 is 23.2 Å². The number of nitrogens with zero attached hydrogens (tertiary/aromatic N) is 1. The molecule has 3 aromatic rings. The fraction of sp³-hybridized carbons (Fsp3) is 0.263. The van der Waals surface area contributed by atoms with Crippen LogP contribution in [-0.4, -0.2) is 30.8 Å². The molecular weight excluding hydrogens is 410 g/mol. The number of hydrogen-bond acceptors (Lipinski definition) is 2. The fourth-order valence-electron chi connectivity index (χ4n) is 3.53. The minimum atomic E-state index is -3.75. The van der Waals surface area contributed by atoms with Gasteiger partial charge in [0.05, 0.1) is 10.0 Å². The summed E-state index contributed by atoms with van der Waals surface area (Å²) in [5, 5.41) is 0.967. The van der Waals surface area contributed by atoms with E-state index in [0.717, 1.165) is 30.2 Å². The fourth-order valence-corrected chi connectivity index (χ4v) is 6.21. The highest BCUT2D eigenvalue weighted by Gasteiger charge is 2.30. The summed E-state index contributed by atoms with van der Waals surface area (Å²) in [5.41, 5.74) is 2.08. The molecule has 0 radical (unpaired) electrons. The Hall–Kier alpha value is -1.60. The monoisotopic (exact) mass is 426 g/mol. The summed E-state index contributed by atoms with van der Waals surface area (Å²) in [6.45, 7) is 0.954. The number of halogens is 3. The lowest BCUT2D eigenvalue weighted by Gasteiger charge is -2.26. The maximum atomic E-state index is 13.4. The smallest absolute Gasteiger partial charge is 0.246 e. The molecule has 0 spiro atoms. The van der Waals surface area contributed by atoms with E-state index in [1.54, 1.807) is 24.4 Å². The largest absolute Gasteiger partial charge is 0.360 e. The van der Waals surface area contributed by atoms with Crippen LogP contribution in [0.15, 0.2) is 41.4 Å². The van der Waals surface area contributed by atoms with Crippen LogP contribution in [0.1, 0.15) is 19.3 Å². The van der Waals surface area contributed by atoms with Crippen molar-refractivity contribution in [3.8, 4) is 11.1 Å². The van der Waals surface area contributed by atoms with Crippen molar-refractivity contribution in [2.45, 2.75) is 24.2 Å². The second-order valence-corrected chi connectivity index (χ2v) is 9.32. The molecule has 0 bridgehead atoms. The number of H-pyrrole nitrogens is 1. The van der Waals surface area contributed by atoms with Crippen LogP contribution in [0.5, 0.6) is 0 Å². The Bertz CT molecular complexity index is 1100. The van der Waals surface area contributed by atoms with Crippen LogP contribution < -0.4 is 0 Å². The molecule has 0 saturated carbocycles. The van der Waals surface area contributed by atoms with Crippen LogP contribution in [0.4, 0.5) is 4.39 Å². The number of nitrogens with one attached hydrogen (secondary N) is 1. The minimum absolute atomic E-state index is 0.0534. The topological polar surface area (TPSA) is 53.2 Å². The van der Waals surface area contributed by atoms with Crippen molar-refractivity contribution in [2.24, 2.45) is 0 Å². The standard InChI is InChI=1S/C19H17Cl2FN2O2S/c20-16-8-12(15-11-23-18-10-13(22)4-5-14(15)18)9-17(21)19(16)27(25,26)24-6-2-1-3-7-24/h4-5,8-11,23H,1-3,6-7H2. The lowest BCUT2D eigenvalue weighted by molar-refractivity contribution is 0.346. The van der Waals surface area contributed by atoms with Gasteiger partial charge in [-0.2, -0.15) is 4.31 Å². The van der Waals surface area contributed by atoms with E-state index in [9.17, 15) is 12.8 Å². The van der Waals surface area contributed by atoms with Crippen molar-refractivity contribution in [1.29, 1.82) is 0 Å². The number of aromatic nitrogens is 1. The lowest BCUT2D eigenvalue weighted by atomic mass is 10.0. The van der Waals surface area contributed by atoms with Crippen LogP contribution in [0.3, 0.4) is 0 Å². The van der Waals surface area contributed by atoms with E-state index in [-0.39, 0.29) is 20.8 Å². The molecule has 2 heterocycles. The van der Waals surface area contributed by atoms with Gasteiger partial charge in [-0.25, -0.2) is 12.8 Å². The lowest BCUT2D eigenvalue weighted by Crippen LogP contribution is -2.35. The van der Waals surface area contributed by atoms with Gasteiger partial charge < -0.3 is 4.98 Å². The van der Waals surface area contributed by atoms with Gasteiger partial charge >= 0.3 is 0 Å². The van der Waals surface area contributed by atoms with Crippen molar-refractivity contribution < 1.29 is 12.8 Å². The number of piperidine rings is 1. The summed E-state index contributed by atoms with van der Waals surface area (Å²) in [4.78, 5) is 2.96. The molecule has 8 heteroatoms. The first-order valence-corrected chi connectivity index (χ1v) is 10.8. The van der Waals surface area contributed by atoms with Gasteiger partial charge in [-0.1, -0.05) is 29.6 Å². The molecule has 0 amide bonds. The number of hydrogen-bond donors (Lipinski definition) is 1. The molecular formula is C19H17Cl2FN2O2S. The zero-order valence-electron chi connectivity index (χ0n) is 14.3. The predicted octanol–water partition coefficient (Wildman–Crippen LogP) is 5.46. The highest BCUT2D eigenvalue weighted by Crippen LogP contribution is 2.39. The molecule has 0 unspecified atom stereocenters. The zero-order valence-corrected chi connectivity index (χ0v) is 16.6. The predicted molar refractivity (Wildman–Crippen MR) is 106 cm³/mol. The number of rotatable bonds is 3. The van der Waals surface area contributed by atoms with Gasteiger partial charge in [-0.05, 0) is 48.7 Å². The van der Waals surface area contributed by atoms with E-state index in [1.807, 2.05) is 0 Å². The number of sulfonamides is 1. The van der Waals surface area contributed by atoms with Crippen LogP contribution in [0.2, 0.25) is 10.0 Å². The van der Waals surface area contributed by atoms with Crippen molar-refractivity contribution in [2.75, 3.05) is 13.1 Å². The highest BCUT2D eigenvalue weighted by molar-refractivity contribution is 7.89. The van der Waals surface area contributed by atoms with Crippen LogP contribution in [0, 0.1) is 5.82 Å². The van der Waals surface area contributed by atoms with E-state index in [2.05, 4.69) is 4.98 Å². The van der Waals surface area contributed by atoms with E-state index in [4.69, 9.17) is 23.2 Å². The van der Waals surface area contributed by atoms with Crippen LogP contribution in [-0.2, 0) is 10.0 Å². The second kappa shape index (κ2) is 7.09. The molecule has 0 aliphatic carbocycles. The normalized spacial score (nSPS) is 16.1. The third-order valence-electron chi connectivity index (χ3n) is 4.87. The molecule has 4 rings (SSSR count). The number of aromatic amines is 1. The summed E-state index contributed by atoms with van der Waals surface area (Å²) in [6.07, 6.45) is 4.41. The van der Waals surface area contributed by atoms with Crippen molar-refractivity contribution in [3.05, 3.63) is 52.4 Å². The summed E-state index contributed by atoms with van der Waals surface area (Å²) in [5.74, 6) is -0.338. The van der Waals surface area contributed by atoms with Gasteiger partial charge in [-0.15, -0.1) is 0 Å². The zero-order chi connectivity index (χ0) is 19.2. The van der Waals surface area contributed by atoms with Gasteiger partial charge in [0, 0.05) is 35.8 Å². The molecule has 1 aliphatic heterocycles. The first-order valence-electron chi connectivity index (χ1n) is 8.64. The number of fused-ring (bicyclic) bond motifs is 1. The van der Waals surface area contributed by atoms with Crippen LogP contribution in [0.25, 0.3) is 22.0 Å². The molecule has 1 N–H and O–H groups in total. The summed E-state index contributed by atoms with van der Waals surface area (Å²) in [6, 6.07) is 7.62. The summed E-state index contributed by atoms with van der Waals surface area (Å²) < 4.78 is 40.8. The molecule has 1 fully saturated rings. The Morgan fingerprint density at radius 3 is 2.33 bits per heavy atom. The minimum Gasteiger partial charge on any atom is -0.360 e. The van der Waals surface area contributed by atoms with Gasteiger partial charge in [-0.3, -0.25) is 0 Å². The molecule has 2 aromatic carbocycles. The Balaban J connectivity index is 1.80. The van der Waals surface area contributed by atoms with Gasteiger partial charge in [0.1, 0.15) is 10.7 Å². The summed E-state index contributed by atoms with van der Waals surface area (Å²) in [7, 11) is -3.75. The molecule has 1 aromatic heterocycles. The maximum absolute atomic E-state index is 13.4. The van der Waals surface area contributed by atoms with E-state index >= 15 is 0 Å².